The lowest BCUT2D eigenvalue weighted by Gasteiger charge is -2.32. The molecule has 1 fully saturated rings. The second-order valence-corrected chi connectivity index (χ2v) is 9.50. The minimum absolute atomic E-state index is 0.129. The van der Waals surface area contributed by atoms with Gasteiger partial charge >= 0.3 is 0 Å². The predicted octanol–water partition coefficient (Wildman–Crippen LogP) is 5.10. The quantitative estimate of drug-likeness (QED) is 0.523. The molecule has 32 heavy (non-hydrogen) atoms. The van der Waals surface area contributed by atoms with Crippen molar-refractivity contribution in [2.24, 2.45) is 13.0 Å². The van der Waals surface area contributed by atoms with Crippen LogP contribution < -0.4 is 0 Å². The lowest BCUT2D eigenvalue weighted by Crippen LogP contribution is -2.42. The maximum atomic E-state index is 13.4. The van der Waals surface area contributed by atoms with Gasteiger partial charge in [0, 0.05) is 62.6 Å². The minimum Gasteiger partial charge on any atom is -0.353 e. The van der Waals surface area contributed by atoms with E-state index in [1.807, 2.05) is 30.3 Å². The standard InChI is InChI=1S/C28H35N3O/c1-21(2)31(28(32)24-9-6-5-7-10-24)18-25-17-30(19-26-11-8-16-29(26)4)20-27(25)23-14-12-22(3)13-15-23/h5-16,21,25,27H,17-20H2,1-4H3. The molecule has 1 aromatic heterocycles. The van der Waals surface area contributed by atoms with Crippen LogP contribution in [0.15, 0.2) is 72.9 Å². The largest absolute Gasteiger partial charge is 0.353 e. The molecule has 1 aliphatic heterocycles. The van der Waals surface area contributed by atoms with Crippen molar-refractivity contribution < 1.29 is 4.79 Å². The number of likely N-dealkylation sites (tertiary alicyclic amines) is 1. The molecule has 4 nitrogen and oxygen atoms in total. The molecule has 1 aliphatic rings. The van der Waals surface area contributed by atoms with Crippen molar-refractivity contribution in [1.29, 1.82) is 0 Å². The Morgan fingerprint density at radius 3 is 2.34 bits per heavy atom. The minimum atomic E-state index is 0.129. The fourth-order valence-corrected chi connectivity index (χ4v) is 4.88. The monoisotopic (exact) mass is 429 g/mol. The van der Waals surface area contributed by atoms with Gasteiger partial charge in [0.05, 0.1) is 0 Å². The first-order valence-electron chi connectivity index (χ1n) is 11.7. The van der Waals surface area contributed by atoms with Crippen LogP contribution in [-0.4, -0.2) is 46.0 Å². The normalized spacial score (nSPS) is 18.9. The van der Waals surface area contributed by atoms with Crippen molar-refractivity contribution in [1.82, 2.24) is 14.4 Å². The van der Waals surface area contributed by atoms with Crippen LogP contribution in [0.4, 0.5) is 0 Å². The molecule has 4 heteroatoms. The van der Waals surface area contributed by atoms with E-state index in [2.05, 4.69) is 84.8 Å². The van der Waals surface area contributed by atoms with Crippen LogP contribution in [0.1, 0.15) is 46.9 Å². The average Bonchev–Trinajstić information content (AvgIpc) is 3.38. The molecule has 0 N–H and O–H groups in total. The van der Waals surface area contributed by atoms with Crippen molar-refractivity contribution in [2.45, 2.75) is 39.3 Å². The number of benzene rings is 2. The number of hydrogen-bond donors (Lipinski definition) is 0. The Hall–Kier alpha value is -2.85. The maximum absolute atomic E-state index is 13.4. The third kappa shape index (κ3) is 4.97. The summed E-state index contributed by atoms with van der Waals surface area (Å²) in [6.07, 6.45) is 2.11. The molecule has 3 aromatic rings. The molecule has 0 aliphatic carbocycles. The fraction of sp³-hybridized carbons (Fsp3) is 0.393. The topological polar surface area (TPSA) is 28.5 Å². The summed E-state index contributed by atoms with van der Waals surface area (Å²) in [7, 11) is 2.11. The van der Waals surface area contributed by atoms with E-state index in [4.69, 9.17) is 0 Å². The number of aryl methyl sites for hydroxylation is 2. The highest BCUT2D eigenvalue weighted by atomic mass is 16.2. The van der Waals surface area contributed by atoms with Gasteiger partial charge in [-0.1, -0.05) is 48.0 Å². The molecule has 2 heterocycles. The second-order valence-electron chi connectivity index (χ2n) is 9.50. The Labute approximate surface area is 192 Å². The molecular weight excluding hydrogens is 394 g/mol. The SMILES string of the molecule is Cc1ccc(C2CN(Cc3cccn3C)CC2CN(C(=O)c2ccccc2)C(C)C)cc1. The molecule has 0 bridgehead atoms. The van der Waals surface area contributed by atoms with Gasteiger partial charge in [-0.05, 0) is 56.5 Å². The van der Waals surface area contributed by atoms with Gasteiger partial charge in [0.1, 0.15) is 0 Å². The van der Waals surface area contributed by atoms with Crippen molar-refractivity contribution in [2.75, 3.05) is 19.6 Å². The number of carbonyl (C=O) groups is 1. The highest BCUT2D eigenvalue weighted by Crippen LogP contribution is 2.35. The summed E-state index contributed by atoms with van der Waals surface area (Å²) in [6.45, 7) is 10.1. The van der Waals surface area contributed by atoms with E-state index in [0.717, 1.165) is 31.7 Å². The number of rotatable bonds is 7. The summed E-state index contributed by atoms with van der Waals surface area (Å²) in [6, 6.07) is 23.1. The Morgan fingerprint density at radius 1 is 1.00 bits per heavy atom. The Balaban J connectivity index is 1.58. The summed E-state index contributed by atoms with van der Waals surface area (Å²) in [4.78, 5) is 18.0. The number of nitrogens with zero attached hydrogens (tertiary/aromatic N) is 3. The first-order chi connectivity index (χ1) is 15.4. The molecule has 2 unspecified atom stereocenters. The van der Waals surface area contributed by atoms with E-state index in [-0.39, 0.29) is 11.9 Å². The molecule has 168 valence electrons. The smallest absolute Gasteiger partial charge is 0.254 e. The zero-order valence-corrected chi connectivity index (χ0v) is 19.7. The summed E-state index contributed by atoms with van der Waals surface area (Å²) < 4.78 is 2.20. The van der Waals surface area contributed by atoms with E-state index in [1.165, 1.54) is 16.8 Å². The molecule has 1 saturated heterocycles. The fourth-order valence-electron chi connectivity index (χ4n) is 4.88. The van der Waals surface area contributed by atoms with Gasteiger partial charge in [-0.3, -0.25) is 9.69 Å². The number of carbonyl (C=O) groups excluding carboxylic acids is 1. The molecule has 0 saturated carbocycles. The Morgan fingerprint density at radius 2 is 1.72 bits per heavy atom. The van der Waals surface area contributed by atoms with Crippen LogP contribution in [-0.2, 0) is 13.6 Å². The molecular formula is C28H35N3O. The van der Waals surface area contributed by atoms with Gasteiger partial charge in [-0.15, -0.1) is 0 Å². The zero-order chi connectivity index (χ0) is 22.7. The summed E-state index contributed by atoms with van der Waals surface area (Å²) >= 11 is 0. The van der Waals surface area contributed by atoms with Crippen LogP contribution in [0.5, 0.6) is 0 Å². The van der Waals surface area contributed by atoms with Gasteiger partial charge in [0.25, 0.3) is 5.91 Å². The highest BCUT2D eigenvalue weighted by Gasteiger charge is 2.36. The van der Waals surface area contributed by atoms with E-state index in [9.17, 15) is 4.79 Å². The van der Waals surface area contributed by atoms with Crippen LogP contribution in [0.2, 0.25) is 0 Å². The maximum Gasteiger partial charge on any atom is 0.254 e. The molecule has 0 radical (unpaired) electrons. The number of hydrogen-bond acceptors (Lipinski definition) is 2. The average molecular weight is 430 g/mol. The molecule has 0 spiro atoms. The molecule has 2 aromatic carbocycles. The van der Waals surface area contributed by atoms with E-state index in [1.54, 1.807) is 0 Å². The second kappa shape index (κ2) is 9.74. The molecule has 1 amide bonds. The summed E-state index contributed by atoms with van der Waals surface area (Å²) in [5.41, 5.74) is 4.76. The molecule has 4 rings (SSSR count). The third-order valence-corrected chi connectivity index (χ3v) is 6.80. The van der Waals surface area contributed by atoms with Gasteiger partial charge in [0.2, 0.25) is 0 Å². The van der Waals surface area contributed by atoms with Crippen LogP contribution in [0.3, 0.4) is 0 Å². The van der Waals surface area contributed by atoms with Crippen LogP contribution in [0.25, 0.3) is 0 Å². The summed E-state index contributed by atoms with van der Waals surface area (Å²) in [5.74, 6) is 0.942. The van der Waals surface area contributed by atoms with Gasteiger partial charge in [-0.25, -0.2) is 0 Å². The van der Waals surface area contributed by atoms with Crippen LogP contribution in [0, 0.1) is 12.8 Å². The summed E-state index contributed by atoms with van der Waals surface area (Å²) in [5, 5.41) is 0. The lowest BCUT2D eigenvalue weighted by atomic mass is 9.88. The highest BCUT2D eigenvalue weighted by molar-refractivity contribution is 5.94. The number of amides is 1. The Kier molecular flexibility index (Phi) is 6.80. The van der Waals surface area contributed by atoms with Crippen molar-refractivity contribution in [3.63, 3.8) is 0 Å². The van der Waals surface area contributed by atoms with Crippen molar-refractivity contribution >= 4 is 5.91 Å². The molecule has 2 atom stereocenters. The Bertz CT molecular complexity index is 1020. The first-order valence-corrected chi connectivity index (χ1v) is 11.7. The van der Waals surface area contributed by atoms with Crippen molar-refractivity contribution in [3.05, 3.63) is 95.3 Å². The number of aromatic nitrogens is 1. The first kappa shape index (κ1) is 22.3. The lowest BCUT2D eigenvalue weighted by molar-refractivity contribution is 0.0668. The van der Waals surface area contributed by atoms with Crippen molar-refractivity contribution in [3.8, 4) is 0 Å². The zero-order valence-electron chi connectivity index (χ0n) is 19.7. The van der Waals surface area contributed by atoms with E-state index < -0.39 is 0 Å². The van der Waals surface area contributed by atoms with Gasteiger partial charge < -0.3 is 9.47 Å². The predicted molar refractivity (Wildman–Crippen MR) is 131 cm³/mol. The van der Waals surface area contributed by atoms with Gasteiger partial charge in [-0.2, -0.15) is 0 Å². The van der Waals surface area contributed by atoms with E-state index in [0.29, 0.717) is 11.8 Å². The van der Waals surface area contributed by atoms with E-state index >= 15 is 0 Å². The third-order valence-electron chi connectivity index (χ3n) is 6.80. The van der Waals surface area contributed by atoms with Gasteiger partial charge in [0.15, 0.2) is 0 Å². The van der Waals surface area contributed by atoms with Crippen LogP contribution >= 0.6 is 0 Å².